The van der Waals surface area contributed by atoms with Crippen LogP contribution in [0.1, 0.15) is 0 Å². The summed E-state index contributed by atoms with van der Waals surface area (Å²) in [5.74, 6) is -0.217. The Labute approximate surface area is 133 Å². The van der Waals surface area contributed by atoms with E-state index in [-0.39, 0.29) is 22.6 Å². The minimum atomic E-state index is -0.318. The topological polar surface area (TPSA) is 91.1 Å². The van der Waals surface area contributed by atoms with Crippen molar-refractivity contribution < 1.29 is 10.2 Å². The molecule has 2 aromatic heterocycles. The second kappa shape index (κ2) is 4.99. The van der Waals surface area contributed by atoms with Gasteiger partial charge in [-0.15, -0.1) is 0 Å². The second-order valence-corrected chi connectivity index (χ2v) is 5.99. The molecule has 0 bridgehead atoms. The van der Waals surface area contributed by atoms with E-state index >= 15 is 0 Å². The van der Waals surface area contributed by atoms with E-state index in [1.807, 2.05) is 24.3 Å². The number of nitrogens with one attached hydrogen (secondary N) is 1. The first kappa shape index (κ1) is 13.6. The normalized spacial score (nSPS) is 11.1. The van der Waals surface area contributed by atoms with Crippen LogP contribution in [-0.4, -0.2) is 25.0 Å². The van der Waals surface area contributed by atoms with Crippen LogP contribution in [0.3, 0.4) is 0 Å². The zero-order chi connectivity index (χ0) is 16.0. The number of phenols is 2. The molecule has 0 aliphatic heterocycles. The predicted octanol–water partition coefficient (Wildman–Crippen LogP) is 2.85. The summed E-state index contributed by atoms with van der Waals surface area (Å²) in [4.78, 5) is 16.7. The number of para-hydroxylation sites is 1. The highest BCUT2D eigenvalue weighted by Crippen LogP contribution is 2.35. The number of fused-ring (bicyclic) bond motifs is 1. The van der Waals surface area contributed by atoms with Gasteiger partial charge in [-0.2, -0.15) is 4.68 Å². The number of aromatic hydroxyl groups is 2. The van der Waals surface area contributed by atoms with Gasteiger partial charge in [-0.25, -0.2) is 4.98 Å². The summed E-state index contributed by atoms with van der Waals surface area (Å²) >= 11 is 1.38. The summed E-state index contributed by atoms with van der Waals surface area (Å²) < 4.78 is 2.27. The van der Waals surface area contributed by atoms with Gasteiger partial charge in [-0.05, 0) is 24.3 Å². The fourth-order valence-electron chi connectivity index (χ4n) is 2.43. The number of aromatic amines is 1. The third-order valence-corrected chi connectivity index (χ3v) is 4.51. The van der Waals surface area contributed by atoms with Gasteiger partial charge in [-0.3, -0.25) is 9.89 Å². The molecule has 3 N–H and O–H groups in total. The molecule has 0 atom stereocenters. The van der Waals surface area contributed by atoms with Crippen LogP contribution in [0.15, 0.2) is 53.3 Å². The van der Waals surface area contributed by atoms with Crippen molar-refractivity contribution in [1.82, 2.24) is 14.8 Å². The summed E-state index contributed by atoms with van der Waals surface area (Å²) in [6.45, 7) is 0. The lowest BCUT2D eigenvalue weighted by atomic mass is 10.1. The molecule has 0 spiro atoms. The molecule has 114 valence electrons. The third kappa shape index (κ3) is 2.18. The molecule has 7 heteroatoms. The largest absolute Gasteiger partial charge is 0.507 e. The van der Waals surface area contributed by atoms with Crippen molar-refractivity contribution in [2.75, 3.05) is 0 Å². The van der Waals surface area contributed by atoms with Crippen molar-refractivity contribution >= 4 is 21.6 Å². The minimum Gasteiger partial charge on any atom is -0.507 e. The standard InChI is InChI=1S/C16H11N3O3S/c20-11-5-3-6-12(21)15(11)10-8-14(22)19(18-10)16-17-9-4-1-2-7-13(9)23-16/h1-8,18,20-21H. The highest BCUT2D eigenvalue weighted by atomic mass is 32.1. The molecular weight excluding hydrogens is 314 g/mol. The van der Waals surface area contributed by atoms with Gasteiger partial charge in [0.2, 0.25) is 5.13 Å². The molecule has 0 unspecified atom stereocenters. The summed E-state index contributed by atoms with van der Waals surface area (Å²) in [7, 11) is 0. The van der Waals surface area contributed by atoms with E-state index < -0.39 is 0 Å². The van der Waals surface area contributed by atoms with Crippen LogP contribution in [0, 0.1) is 0 Å². The van der Waals surface area contributed by atoms with Crippen molar-refractivity contribution in [1.29, 1.82) is 0 Å². The lowest BCUT2D eigenvalue weighted by Crippen LogP contribution is -2.12. The fourth-order valence-corrected chi connectivity index (χ4v) is 3.36. The van der Waals surface area contributed by atoms with E-state index in [2.05, 4.69) is 10.1 Å². The molecule has 0 saturated carbocycles. The lowest BCUT2D eigenvalue weighted by Gasteiger charge is -2.04. The Hall–Kier alpha value is -3.06. The molecule has 6 nitrogen and oxygen atoms in total. The number of hydrogen-bond donors (Lipinski definition) is 3. The Balaban J connectivity index is 1.89. The first-order valence-electron chi connectivity index (χ1n) is 6.83. The molecule has 2 aromatic carbocycles. The molecule has 0 aliphatic carbocycles. The van der Waals surface area contributed by atoms with Crippen molar-refractivity contribution in [3.63, 3.8) is 0 Å². The molecule has 0 radical (unpaired) electrons. The number of hydrogen-bond acceptors (Lipinski definition) is 5. The number of benzene rings is 2. The maximum absolute atomic E-state index is 12.2. The molecule has 0 aliphatic rings. The minimum absolute atomic E-state index is 0.109. The van der Waals surface area contributed by atoms with Crippen LogP contribution >= 0.6 is 11.3 Å². The summed E-state index contributed by atoms with van der Waals surface area (Å²) in [6.07, 6.45) is 0. The van der Waals surface area contributed by atoms with Crippen LogP contribution in [-0.2, 0) is 0 Å². The van der Waals surface area contributed by atoms with E-state index in [9.17, 15) is 15.0 Å². The van der Waals surface area contributed by atoms with E-state index in [0.29, 0.717) is 10.8 Å². The van der Waals surface area contributed by atoms with Crippen LogP contribution in [0.25, 0.3) is 26.6 Å². The Morgan fingerprint density at radius 1 is 1.04 bits per heavy atom. The molecule has 0 fully saturated rings. The summed E-state index contributed by atoms with van der Waals surface area (Å²) in [6, 6.07) is 13.3. The van der Waals surface area contributed by atoms with Gasteiger partial charge in [-0.1, -0.05) is 29.5 Å². The lowest BCUT2D eigenvalue weighted by molar-refractivity contribution is 0.454. The predicted molar refractivity (Wildman–Crippen MR) is 88.3 cm³/mol. The van der Waals surface area contributed by atoms with E-state index in [1.165, 1.54) is 40.3 Å². The Bertz CT molecular complexity index is 1020. The summed E-state index contributed by atoms with van der Waals surface area (Å²) in [5, 5.41) is 23.2. The number of rotatable bonds is 2. The average molecular weight is 325 g/mol. The van der Waals surface area contributed by atoms with Gasteiger partial charge in [0.05, 0.1) is 21.5 Å². The van der Waals surface area contributed by atoms with Gasteiger partial charge in [0, 0.05) is 6.07 Å². The SMILES string of the molecule is O=c1cc(-c2c(O)cccc2O)[nH]n1-c1nc2ccccc2s1. The Kier molecular flexibility index (Phi) is 2.95. The van der Waals surface area contributed by atoms with Crippen molar-refractivity contribution in [3.8, 4) is 27.9 Å². The first-order chi connectivity index (χ1) is 11.1. The van der Waals surface area contributed by atoms with Gasteiger partial charge in [0.25, 0.3) is 5.56 Å². The van der Waals surface area contributed by atoms with Crippen molar-refractivity contribution in [2.45, 2.75) is 0 Å². The Morgan fingerprint density at radius 3 is 2.52 bits per heavy atom. The van der Waals surface area contributed by atoms with Crippen LogP contribution < -0.4 is 5.56 Å². The number of H-pyrrole nitrogens is 1. The van der Waals surface area contributed by atoms with E-state index in [0.717, 1.165) is 10.2 Å². The second-order valence-electron chi connectivity index (χ2n) is 4.98. The van der Waals surface area contributed by atoms with Crippen molar-refractivity contribution in [3.05, 3.63) is 58.9 Å². The van der Waals surface area contributed by atoms with Crippen molar-refractivity contribution in [2.24, 2.45) is 0 Å². The molecule has 4 aromatic rings. The Morgan fingerprint density at radius 2 is 1.78 bits per heavy atom. The highest BCUT2D eigenvalue weighted by Gasteiger charge is 2.16. The van der Waals surface area contributed by atoms with E-state index in [4.69, 9.17) is 0 Å². The number of aromatic nitrogens is 3. The average Bonchev–Trinajstić information content (AvgIpc) is 3.10. The van der Waals surface area contributed by atoms with Crippen LogP contribution in [0.4, 0.5) is 0 Å². The number of phenolic OH excluding ortho intramolecular Hbond substituents is 2. The van der Waals surface area contributed by atoms with Crippen LogP contribution in [0.5, 0.6) is 11.5 Å². The monoisotopic (exact) mass is 325 g/mol. The van der Waals surface area contributed by atoms with Gasteiger partial charge < -0.3 is 10.2 Å². The maximum Gasteiger partial charge on any atom is 0.273 e. The van der Waals surface area contributed by atoms with E-state index in [1.54, 1.807) is 0 Å². The first-order valence-corrected chi connectivity index (χ1v) is 7.64. The highest BCUT2D eigenvalue weighted by molar-refractivity contribution is 7.20. The smallest absolute Gasteiger partial charge is 0.273 e. The maximum atomic E-state index is 12.2. The van der Waals surface area contributed by atoms with Gasteiger partial charge >= 0.3 is 0 Å². The fraction of sp³-hybridized carbons (Fsp3) is 0. The quantitative estimate of drug-likeness (QED) is 0.528. The molecule has 4 rings (SSSR count). The molecule has 0 saturated heterocycles. The summed E-state index contributed by atoms with van der Waals surface area (Å²) in [5.41, 5.74) is 0.997. The molecule has 2 heterocycles. The molecule has 23 heavy (non-hydrogen) atoms. The number of thiazole rings is 1. The number of nitrogens with zero attached hydrogens (tertiary/aromatic N) is 2. The van der Waals surface area contributed by atoms with Gasteiger partial charge in [0.1, 0.15) is 11.5 Å². The zero-order valence-electron chi connectivity index (χ0n) is 11.7. The zero-order valence-corrected chi connectivity index (χ0v) is 12.5. The van der Waals surface area contributed by atoms with Gasteiger partial charge in [0.15, 0.2) is 0 Å². The molecular formula is C16H11N3O3S. The molecule has 0 amide bonds. The third-order valence-electron chi connectivity index (χ3n) is 3.48. The van der Waals surface area contributed by atoms with Crippen LogP contribution in [0.2, 0.25) is 0 Å².